The van der Waals surface area contributed by atoms with E-state index in [-0.39, 0.29) is 37.2 Å². The number of likely N-dealkylation sites (tertiary alicyclic amines) is 1. The number of rotatable bonds is 6. The maximum absolute atomic E-state index is 14.2. The highest BCUT2D eigenvalue weighted by molar-refractivity contribution is 5.93. The monoisotopic (exact) mass is 514 g/mol. The van der Waals surface area contributed by atoms with Crippen LogP contribution < -0.4 is 5.32 Å². The molecule has 1 saturated heterocycles. The summed E-state index contributed by atoms with van der Waals surface area (Å²) < 4.78 is 28.5. The second-order valence-corrected chi connectivity index (χ2v) is 10.0. The lowest BCUT2D eigenvalue weighted by Gasteiger charge is -2.35. The lowest BCUT2D eigenvalue weighted by atomic mass is 10.0. The van der Waals surface area contributed by atoms with Gasteiger partial charge in [-0.15, -0.1) is 0 Å². The minimum absolute atomic E-state index is 0.195. The van der Waals surface area contributed by atoms with Crippen LogP contribution in [-0.4, -0.2) is 62.8 Å². The van der Waals surface area contributed by atoms with Crippen LogP contribution in [0, 0.1) is 24.7 Å². The number of H-pyrrole nitrogens is 1. The summed E-state index contributed by atoms with van der Waals surface area (Å²) in [4.78, 5) is 28.0. The van der Waals surface area contributed by atoms with Gasteiger partial charge in [0.1, 0.15) is 24.6 Å². The van der Waals surface area contributed by atoms with Crippen molar-refractivity contribution in [3.63, 3.8) is 0 Å². The molecule has 38 heavy (non-hydrogen) atoms. The Kier molecular flexibility index (Phi) is 6.42. The summed E-state index contributed by atoms with van der Waals surface area (Å²) in [5.41, 5.74) is 4.75. The average Bonchev–Trinajstić information content (AvgIpc) is 3.57. The van der Waals surface area contributed by atoms with Crippen LogP contribution in [0.25, 0.3) is 10.9 Å². The molecule has 0 bridgehead atoms. The van der Waals surface area contributed by atoms with Crippen molar-refractivity contribution in [2.45, 2.75) is 32.1 Å². The number of aromatic nitrogens is 4. The average molecular weight is 515 g/mol. The molecule has 5 heterocycles. The number of benzene rings is 1. The number of fused-ring (bicyclic) bond motifs is 2. The zero-order valence-electron chi connectivity index (χ0n) is 21.0. The van der Waals surface area contributed by atoms with Gasteiger partial charge in [0.25, 0.3) is 5.91 Å². The van der Waals surface area contributed by atoms with E-state index in [0.717, 1.165) is 35.4 Å². The third kappa shape index (κ3) is 4.79. The van der Waals surface area contributed by atoms with Crippen LogP contribution in [0.5, 0.6) is 0 Å². The van der Waals surface area contributed by atoms with Crippen molar-refractivity contribution < 1.29 is 13.6 Å². The Labute approximate surface area is 219 Å². The number of hydrogen-bond donors (Lipinski definition) is 2. The van der Waals surface area contributed by atoms with Gasteiger partial charge in [0.2, 0.25) is 0 Å². The number of carbonyl (C=O) groups excluding carboxylic acids is 1. The van der Waals surface area contributed by atoms with Gasteiger partial charge in [0, 0.05) is 60.1 Å². The number of pyridine rings is 1. The fourth-order valence-electron chi connectivity index (χ4n) is 5.29. The van der Waals surface area contributed by atoms with Gasteiger partial charge in [-0.1, -0.05) is 30.0 Å². The highest BCUT2D eigenvalue weighted by atomic mass is 19.1. The Hall–Kier alpha value is -4.03. The second kappa shape index (κ2) is 10.0. The van der Waals surface area contributed by atoms with E-state index in [2.05, 4.69) is 32.1 Å². The van der Waals surface area contributed by atoms with Crippen LogP contribution in [0.3, 0.4) is 0 Å². The van der Waals surface area contributed by atoms with E-state index in [1.54, 1.807) is 12.4 Å². The molecular weight excluding hydrogens is 486 g/mol. The molecule has 1 unspecified atom stereocenters. The number of nitrogens with zero attached hydrogens (tertiary/aromatic N) is 4. The van der Waals surface area contributed by atoms with Crippen LogP contribution in [0.15, 0.2) is 48.8 Å². The zero-order chi connectivity index (χ0) is 26.2. The van der Waals surface area contributed by atoms with E-state index in [1.165, 1.54) is 0 Å². The number of nitrogens with one attached hydrogen (secondary N) is 2. The topological polar surface area (TPSA) is 78.8 Å². The third-order valence-corrected chi connectivity index (χ3v) is 7.16. The molecule has 0 radical (unpaired) electrons. The van der Waals surface area contributed by atoms with Gasteiger partial charge in [-0.05, 0) is 36.6 Å². The number of aromatic amines is 1. The van der Waals surface area contributed by atoms with Gasteiger partial charge in [0.15, 0.2) is 0 Å². The largest absolute Gasteiger partial charge is 0.356 e. The van der Waals surface area contributed by atoms with Gasteiger partial charge < -0.3 is 14.9 Å². The molecule has 9 heteroatoms. The van der Waals surface area contributed by atoms with Crippen molar-refractivity contribution in [3.8, 4) is 11.8 Å². The molecule has 2 atom stereocenters. The van der Waals surface area contributed by atoms with Crippen molar-refractivity contribution >= 4 is 16.8 Å². The molecule has 1 amide bonds. The van der Waals surface area contributed by atoms with Gasteiger partial charge in [0.05, 0.1) is 18.6 Å². The van der Waals surface area contributed by atoms with Crippen LogP contribution in [0.1, 0.15) is 44.9 Å². The van der Waals surface area contributed by atoms with E-state index in [1.807, 2.05) is 52.8 Å². The Bertz CT molecular complexity index is 1530. The summed E-state index contributed by atoms with van der Waals surface area (Å²) in [7, 11) is 0. The van der Waals surface area contributed by atoms with Gasteiger partial charge in [-0.3, -0.25) is 9.69 Å². The van der Waals surface area contributed by atoms with Crippen molar-refractivity contribution in [3.05, 3.63) is 82.8 Å². The van der Waals surface area contributed by atoms with Crippen molar-refractivity contribution in [1.82, 2.24) is 29.7 Å². The van der Waals surface area contributed by atoms with E-state index in [9.17, 15) is 13.6 Å². The standard InChI is InChI=1S/C29H28F2N6O/c1-18-10-19(6-7-20-14-36(15-20)9-8-30)11-25(33-18)29(38)35-27(24-12-21-4-2-3-5-23(21)34-24)28-26-13-22(31)16-37(26)17-32-28/h2-5,10-12,17,20,22,27,34H,8-9,13-16H2,1H3,(H,35,38)/t22-,27?/m1/s1. The third-order valence-electron chi connectivity index (χ3n) is 7.16. The van der Waals surface area contributed by atoms with E-state index >= 15 is 0 Å². The number of amides is 1. The maximum atomic E-state index is 14.2. The van der Waals surface area contributed by atoms with Crippen molar-refractivity contribution in [2.24, 2.45) is 5.92 Å². The molecule has 0 saturated carbocycles. The first-order chi connectivity index (χ1) is 18.5. The van der Waals surface area contributed by atoms with Gasteiger partial charge >= 0.3 is 0 Å². The predicted octanol–water partition coefficient (Wildman–Crippen LogP) is 3.73. The Morgan fingerprint density at radius 2 is 2.08 bits per heavy atom. The second-order valence-electron chi connectivity index (χ2n) is 10.0. The van der Waals surface area contributed by atoms with Gasteiger partial charge in [-0.2, -0.15) is 0 Å². The number of para-hydroxylation sites is 1. The number of hydrogen-bond acceptors (Lipinski definition) is 4. The van der Waals surface area contributed by atoms with Crippen LogP contribution in [-0.2, 0) is 13.0 Å². The minimum Gasteiger partial charge on any atom is -0.356 e. The first-order valence-corrected chi connectivity index (χ1v) is 12.8. The summed E-state index contributed by atoms with van der Waals surface area (Å²) in [6.45, 7) is 3.71. The number of alkyl halides is 2. The van der Waals surface area contributed by atoms with Crippen molar-refractivity contribution in [1.29, 1.82) is 0 Å². The molecule has 4 aromatic rings. The molecule has 7 nitrogen and oxygen atoms in total. The highest BCUT2D eigenvalue weighted by Crippen LogP contribution is 2.31. The van der Waals surface area contributed by atoms with Crippen LogP contribution in [0.2, 0.25) is 0 Å². The number of carbonyl (C=O) groups is 1. The lowest BCUT2D eigenvalue weighted by Crippen LogP contribution is -2.46. The summed E-state index contributed by atoms with van der Waals surface area (Å²) in [6, 6.07) is 12.8. The van der Waals surface area contributed by atoms with Crippen LogP contribution in [0.4, 0.5) is 8.78 Å². The number of halogens is 2. The molecule has 1 aromatic carbocycles. The maximum Gasteiger partial charge on any atom is 0.270 e. The normalized spacial score (nSPS) is 18.0. The highest BCUT2D eigenvalue weighted by Gasteiger charge is 2.31. The van der Waals surface area contributed by atoms with E-state index in [4.69, 9.17) is 0 Å². The molecule has 0 spiro atoms. The van der Waals surface area contributed by atoms with E-state index < -0.39 is 12.2 Å². The molecule has 2 N–H and O–H groups in total. The quantitative estimate of drug-likeness (QED) is 0.385. The molecule has 1 fully saturated rings. The molecular formula is C29H28F2N6O. The Morgan fingerprint density at radius 3 is 2.89 bits per heavy atom. The van der Waals surface area contributed by atoms with Crippen molar-refractivity contribution in [2.75, 3.05) is 26.3 Å². The van der Waals surface area contributed by atoms with Crippen LogP contribution >= 0.6 is 0 Å². The number of imidazole rings is 1. The molecule has 2 aliphatic heterocycles. The molecule has 194 valence electrons. The summed E-state index contributed by atoms with van der Waals surface area (Å²) in [5, 5.41) is 4.11. The lowest BCUT2D eigenvalue weighted by molar-refractivity contribution is 0.0936. The summed E-state index contributed by atoms with van der Waals surface area (Å²) >= 11 is 0. The summed E-state index contributed by atoms with van der Waals surface area (Å²) in [5.74, 6) is 6.22. The molecule has 2 aliphatic rings. The SMILES string of the molecule is Cc1cc(C#CC2CN(CCF)C2)cc(C(=O)NC(c2cc3ccccc3[nH]2)c2ncn3c2C[C@@H](F)C3)n1. The first-order valence-electron chi connectivity index (χ1n) is 12.8. The minimum atomic E-state index is -0.967. The molecule has 0 aliphatic carbocycles. The Morgan fingerprint density at radius 1 is 1.24 bits per heavy atom. The first kappa shape index (κ1) is 24.3. The number of aryl methyl sites for hydroxylation is 1. The molecule has 3 aromatic heterocycles. The fourth-order valence-corrected chi connectivity index (χ4v) is 5.29. The summed E-state index contributed by atoms with van der Waals surface area (Å²) in [6.07, 6.45) is 0.929. The fraction of sp³-hybridized carbons (Fsp3) is 0.345. The van der Waals surface area contributed by atoms with Gasteiger partial charge in [-0.25, -0.2) is 18.7 Å². The molecule has 6 rings (SSSR count). The Balaban J connectivity index is 1.28. The predicted molar refractivity (Wildman–Crippen MR) is 140 cm³/mol. The van der Waals surface area contributed by atoms with E-state index in [0.29, 0.717) is 23.5 Å². The smallest absolute Gasteiger partial charge is 0.270 e. The zero-order valence-corrected chi connectivity index (χ0v) is 21.0.